The fourth-order valence-electron chi connectivity index (χ4n) is 1.80. The smallest absolute Gasteiger partial charge is 0.407 e. The van der Waals surface area contributed by atoms with Crippen LogP contribution in [0.25, 0.3) is 0 Å². The van der Waals surface area contributed by atoms with Crippen molar-refractivity contribution in [3.8, 4) is 6.07 Å². The lowest BCUT2D eigenvalue weighted by atomic mass is 10.1. The van der Waals surface area contributed by atoms with Crippen molar-refractivity contribution in [2.45, 2.75) is 25.3 Å². The predicted octanol–water partition coefficient (Wildman–Crippen LogP) is 0.803. The van der Waals surface area contributed by atoms with Gasteiger partial charge in [-0.15, -0.1) is 0 Å². The third-order valence-electron chi connectivity index (χ3n) is 2.73. The van der Waals surface area contributed by atoms with E-state index in [0.717, 1.165) is 0 Å². The summed E-state index contributed by atoms with van der Waals surface area (Å²) >= 11 is 0. The second-order valence-corrected chi connectivity index (χ2v) is 4.02. The van der Waals surface area contributed by atoms with Gasteiger partial charge in [-0.2, -0.15) is 5.26 Å². The zero-order valence-electron chi connectivity index (χ0n) is 10.2. The van der Waals surface area contributed by atoms with Crippen LogP contribution < -0.4 is 5.32 Å². The Labute approximate surface area is 106 Å². The molecule has 0 bridgehead atoms. The zero-order valence-corrected chi connectivity index (χ0v) is 10.2. The van der Waals surface area contributed by atoms with Crippen molar-refractivity contribution in [1.82, 2.24) is 10.2 Å². The third-order valence-corrected chi connectivity index (χ3v) is 2.73. The number of nitrogens with one attached hydrogen (secondary N) is 1. The Morgan fingerprint density at radius 3 is 2.72 bits per heavy atom. The number of nitrogens with zero attached hydrogens (tertiary/aromatic N) is 2. The van der Waals surface area contributed by atoms with Crippen molar-refractivity contribution in [3.05, 3.63) is 12.7 Å². The Morgan fingerprint density at radius 2 is 2.17 bits per heavy atom. The van der Waals surface area contributed by atoms with E-state index in [4.69, 9.17) is 10.00 Å². The maximum atomic E-state index is 11.4. The highest BCUT2D eigenvalue weighted by molar-refractivity contribution is 5.78. The summed E-state index contributed by atoms with van der Waals surface area (Å²) in [6, 6.07) is 1.86. The molecule has 0 spiro atoms. The number of likely N-dealkylation sites (tertiary alicyclic amines) is 1. The van der Waals surface area contributed by atoms with Crippen molar-refractivity contribution >= 4 is 12.0 Å². The standard InChI is InChI=1S/C12H17N3O3/c1-2-9-18-12(17)14-10-4-7-15(8-5-10)11(16)3-6-13/h2,10H,1,3-5,7-9H2,(H,14,17). The van der Waals surface area contributed by atoms with Crippen LogP contribution in [-0.2, 0) is 9.53 Å². The van der Waals surface area contributed by atoms with Gasteiger partial charge in [0, 0.05) is 19.1 Å². The summed E-state index contributed by atoms with van der Waals surface area (Å²) in [5.41, 5.74) is 0. The van der Waals surface area contributed by atoms with Crippen LogP contribution in [-0.4, -0.2) is 42.6 Å². The summed E-state index contributed by atoms with van der Waals surface area (Å²) in [6.07, 6.45) is 2.32. The Bertz CT molecular complexity index is 354. The SMILES string of the molecule is C=CCOC(=O)NC1CCN(C(=O)CC#N)CC1. The van der Waals surface area contributed by atoms with E-state index >= 15 is 0 Å². The first-order chi connectivity index (χ1) is 8.67. The highest BCUT2D eigenvalue weighted by atomic mass is 16.5. The molecule has 0 aromatic carbocycles. The molecule has 0 aromatic rings. The summed E-state index contributed by atoms with van der Waals surface area (Å²) in [4.78, 5) is 24.4. The molecule has 6 nitrogen and oxygen atoms in total. The number of amides is 2. The molecule has 0 aromatic heterocycles. The molecule has 1 aliphatic rings. The minimum absolute atomic E-state index is 0.0217. The number of alkyl carbamates (subject to hydrolysis) is 1. The van der Waals surface area contributed by atoms with Crippen LogP contribution in [0.5, 0.6) is 0 Å². The fraction of sp³-hybridized carbons (Fsp3) is 0.583. The van der Waals surface area contributed by atoms with Crippen LogP contribution in [0.3, 0.4) is 0 Å². The maximum absolute atomic E-state index is 11.4. The van der Waals surface area contributed by atoms with Gasteiger partial charge in [0.25, 0.3) is 0 Å². The van der Waals surface area contributed by atoms with E-state index < -0.39 is 6.09 Å². The van der Waals surface area contributed by atoms with Gasteiger partial charge in [0.1, 0.15) is 13.0 Å². The molecule has 1 rings (SSSR count). The number of ether oxygens (including phenoxy) is 1. The Hall–Kier alpha value is -2.03. The second-order valence-electron chi connectivity index (χ2n) is 4.02. The summed E-state index contributed by atoms with van der Waals surface area (Å²) in [7, 11) is 0. The van der Waals surface area contributed by atoms with Gasteiger partial charge in [0.15, 0.2) is 0 Å². The molecule has 0 atom stereocenters. The van der Waals surface area contributed by atoms with Gasteiger partial charge < -0.3 is 15.0 Å². The maximum Gasteiger partial charge on any atom is 0.407 e. The summed E-state index contributed by atoms with van der Waals surface area (Å²) in [5.74, 6) is -0.148. The quantitative estimate of drug-likeness (QED) is 0.749. The van der Waals surface area contributed by atoms with Crippen molar-refractivity contribution in [2.24, 2.45) is 0 Å². The molecule has 1 saturated heterocycles. The molecule has 18 heavy (non-hydrogen) atoms. The average molecular weight is 251 g/mol. The topological polar surface area (TPSA) is 82.4 Å². The van der Waals surface area contributed by atoms with Crippen LogP contribution in [0, 0.1) is 11.3 Å². The fourth-order valence-corrected chi connectivity index (χ4v) is 1.80. The molecule has 0 aliphatic carbocycles. The first-order valence-corrected chi connectivity index (χ1v) is 5.86. The van der Waals surface area contributed by atoms with Crippen LogP contribution >= 0.6 is 0 Å². The first kappa shape index (κ1) is 14.0. The molecular weight excluding hydrogens is 234 g/mol. The van der Waals surface area contributed by atoms with Crippen molar-refractivity contribution in [2.75, 3.05) is 19.7 Å². The van der Waals surface area contributed by atoms with Gasteiger partial charge in [-0.3, -0.25) is 4.79 Å². The van der Waals surface area contributed by atoms with Gasteiger partial charge in [0.2, 0.25) is 5.91 Å². The van der Waals surface area contributed by atoms with Crippen LogP contribution in [0.1, 0.15) is 19.3 Å². The Balaban J connectivity index is 2.27. The molecule has 0 radical (unpaired) electrons. The van der Waals surface area contributed by atoms with E-state index in [0.29, 0.717) is 25.9 Å². The molecule has 2 amide bonds. The van der Waals surface area contributed by atoms with E-state index in [1.165, 1.54) is 6.08 Å². The van der Waals surface area contributed by atoms with Crippen molar-refractivity contribution < 1.29 is 14.3 Å². The minimum Gasteiger partial charge on any atom is -0.445 e. The lowest BCUT2D eigenvalue weighted by Gasteiger charge is -2.31. The molecule has 1 fully saturated rings. The van der Waals surface area contributed by atoms with E-state index in [-0.39, 0.29) is 25.0 Å². The largest absolute Gasteiger partial charge is 0.445 e. The van der Waals surface area contributed by atoms with Gasteiger partial charge in [-0.25, -0.2) is 4.79 Å². The number of piperidine rings is 1. The van der Waals surface area contributed by atoms with E-state index in [1.54, 1.807) is 4.90 Å². The predicted molar refractivity (Wildman–Crippen MR) is 64.5 cm³/mol. The van der Waals surface area contributed by atoms with Gasteiger partial charge in [0.05, 0.1) is 6.07 Å². The Morgan fingerprint density at radius 1 is 1.50 bits per heavy atom. The van der Waals surface area contributed by atoms with Gasteiger partial charge in [-0.1, -0.05) is 12.7 Å². The molecule has 1 heterocycles. The highest BCUT2D eigenvalue weighted by Crippen LogP contribution is 2.11. The number of hydrogen-bond acceptors (Lipinski definition) is 4. The van der Waals surface area contributed by atoms with Crippen LogP contribution in [0.15, 0.2) is 12.7 Å². The summed E-state index contributed by atoms with van der Waals surface area (Å²) < 4.78 is 4.82. The molecule has 1 N–H and O–H groups in total. The van der Waals surface area contributed by atoms with Gasteiger partial charge >= 0.3 is 6.09 Å². The summed E-state index contributed by atoms with van der Waals surface area (Å²) in [5, 5.41) is 11.2. The lowest BCUT2D eigenvalue weighted by molar-refractivity contribution is -0.131. The van der Waals surface area contributed by atoms with Crippen LogP contribution in [0.4, 0.5) is 4.79 Å². The third kappa shape index (κ3) is 4.45. The molecule has 98 valence electrons. The van der Waals surface area contributed by atoms with E-state index in [9.17, 15) is 9.59 Å². The molecule has 1 aliphatic heterocycles. The number of rotatable bonds is 4. The van der Waals surface area contributed by atoms with Crippen molar-refractivity contribution in [3.63, 3.8) is 0 Å². The van der Waals surface area contributed by atoms with Gasteiger partial charge in [-0.05, 0) is 12.8 Å². The summed E-state index contributed by atoms with van der Waals surface area (Å²) in [6.45, 7) is 4.76. The monoisotopic (exact) mass is 251 g/mol. The Kier molecular flexibility index (Phi) is 5.71. The number of hydrogen-bond donors (Lipinski definition) is 1. The van der Waals surface area contributed by atoms with Crippen LogP contribution in [0.2, 0.25) is 0 Å². The van der Waals surface area contributed by atoms with E-state index in [2.05, 4.69) is 11.9 Å². The molecule has 6 heteroatoms. The molecule has 0 unspecified atom stereocenters. The average Bonchev–Trinajstić information content (AvgIpc) is 2.37. The molecule has 0 saturated carbocycles. The second kappa shape index (κ2) is 7.33. The normalized spacial score (nSPS) is 15.6. The van der Waals surface area contributed by atoms with Crippen molar-refractivity contribution in [1.29, 1.82) is 5.26 Å². The lowest BCUT2D eigenvalue weighted by Crippen LogP contribution is -2.46. The number of carbonyl (C=O) groups is 2. The van der Waals surface area contributed by atoms with E-state index in [1.807, 2.05) is 6.07 Å². The number of nitriles is 1. The first-order valence-electron chi connectivity index (χ1n) is 5.86. The zero-order chi connectivity index (χ0) is 13.4. The highest BCUT2D eigenvalue weighted by Gasteiger charge is 2.23. The number of carbonyl (C=O) groups excluding carboxylic acids is 2. The molecular formula is C12H17N3O3. The minimum atomic E-state index is -0.461.